The van der Waals surface area contributed by atoms with E-state index < -0.39 is 0 Å². The van der Waals surface area contributed by atoms with Gasteiger partial charge in [-0.15, -0.1) is 0 Å². The largest absolute Gasteiger partial charge is 0.356 e. The molecule has 2 N–H and O–H groups in total. The molecular weight excluding hydrogens is 246 g/mol. The first-order valence-electron chi connectivity index (χ1n) is 6.45. The first kappa shape index (κ1) is 14.8. The van der Waals surface area contributed by atoms with E-state index in [-0.39, 0.29) is 0 Å². The maximum absolute atomic E-state index is 6.10. The second-order valence-corrected chi connectivity index (χ2v) is 4.53. The molecule has 100 valence electrons. The van der Waals surface area contributed by atoms with Gasteiger partial charge in [-0.1, -0.05) is 43.1 Å². The zero-order valence-electron chi connectivity index (χ0n) is 11.2. The zero-order valence-corrected chi connectivity index (χ0v) is 11.9. The van der Waals surface area contributed by atoms with Crippen LogP contribution in [-0.4, -0.2) is 26.1 Å². The molecule has 4 heteroatoms. The molecule has 0 amide bonds. The van der Waals surface area contributed by atoms with Crippen molar-refractivity contribution in [2.45, 2.75) is 26.2 Å². The number of hydrogen-bond acceptors (Lipinski definition) is 1. The van der Waals surface area contributed by atoms with E-state index >= 15 is 0 Å². The molecule has 0 heterocycles. The van der Waals surface area contributed by atoms with Gasteiger partial charge in [-0.25, -0.2) is 0 Å². The van der Waals surface area contributed by atoms with Crippen LogP contribution in [0, 0.1) is 0 Å². The molecule has 0 radical (unpaired) electrons. The van der Waals surface area contributed by atoms with E-state index in [2.05, 4.69) is 28.6 Å². The quantitative estimate of drug-likeness (QED) is 0.472. The Morgan fingerprint density at radius 2 is 1.94 bits per heavy atom. The summed E-state index contributed by atoms with van der Waals surface area (Å²) in [5.41, 5.74) is 1.16. The van der Waals surface area contributed by atoms with Crippen molar-refractivity contribution in [3.8, 4) is 0 Å². The van der Waals surface area contributed by atoms with Crippen molar-refractivity contribution in [2.24, 2.45) is 4.99 Å². The van der Waals surface area contributed by atoms with Crippen molar-refractivity contribution in [2.75, 3.05) is 20.1 Å². The normalized spacial score (nSPS) is 11.4. The molecule has 0 bridgehead atoms. The van der Waals surface area contributed by atoms with E-state index in [9.17, 15) is 0 Å². The minimum atomic E-state index is 0.827. The predicted molar refractivity (Wildman–Crippen MR) is 79.4 cm³/mol. The van der Waals surface area contributed by atoms with Gasteiger partial charge in [0.15, 0.2) is 5.96 Å². The predicted octanol–water partition coefficient (Wildman–Crippen LogP) is 2.85. The molecular formula is C14H22ClN3. The molecule has 0 fully saturated rings. The van der Waals surface area contributed by atoms with E-state index in [1.807, 2.05) is 18.2 Å². The fraction of sp³-hybridized carbons (Fsp3) is 0.500. The third-order valence-corrected chi connectivity index (χ3v) is 3.06. The van der Waals surface area contributed by atoms with Gasteiger partial charge in [0.25, 0.3) is 0 Å². The Bertz CT molecular complexity index is 377. The lowest BCUT2D eigenvalue weighted by atomic mass is 10.1. The maximum Gasteiger partial charge on any atom is 0.190 e. The number of nitrogens with zero attached hydrogens (tertiary/aromatic N) is 1. The van der Waals surface area contributed by atoms with Gasteiger partial charge in [0.2, 0.25) is 0 Å². The highest BCUT2D eigenvalue weighted by atomic mass is 35.5. The molecule has 0 unspecified atom stereocenters. The summed E-state index contributed by atoms with van der Waals surface area (Å²) >= 11 is 6.10. The molecule has 0 saturated heterocycles. The van der Waals surface area contributed by atoms with Gasteiger partial charge in [-0.3, -0.25) is 4.99 Å². The smallest absolute Gasteiger partial charge is 0.190 e. The standard InChI is InChI=1S/C14H22ClN3/c1-3-4-10-17-14(16-2)18-11-9-12-7-5-6-8-13(12)15/h5-8H,3-4,9-11H2,1-2H3,(H2,16,17,18). The molecule has 1 aromatic rings. The molecule has 18 heavy (non-hydrogen) atoms. The average Bonchev–Trinajstić information content (AvgIpc) is 2.39. The molecule has 0 spiro atoms. The molecule has 0 aliphatic rings. The van der Waals surface area contributed by atoms with E-state index in [0.29, 0.717) is 0 Å². The SMILES string of the molecule is CCCCNC(=NC)NCCc1ccccc1Cl. The Labute approximate surface area is 115 Å². The lowest BCUT2D eigenvalue weighted by Crippen LogP contribution is -2.38. The van der Waals surface area contributed by atoms with Crippen LogP contribution in [-0.2, 0) is 6.42 Å². The van der Waals surface area contributed by atoms with Crippen LogP contribution < -0.4 is 10.6 Å². The van der Waals surface area contributed by atoms with Crippen molar-refractivity contribution in [3.63, 3.8) is 0 Å². The second-order valence-electron chi connectivity index (χ2n) is 4.12. The summed E-state index contributed by atoms with van der Waals surface area (Å²) < 4.78 is 0. The number of guanidine groups is 1. The fourth-order valence-corrected chi connectivity index (χ4v) is 1.85. The topological polar surface area (TPSA) is 36.4 Å². The Morgan fingerprint density at radius 1 is 1.22 bits per heavy atom. The number of benzene rings is 1. The highest BCUT2D eigenvalue weighted by molar-refractivity contribution is 6.31. The van der Waals surface area contributed by atoms with E-state index in [1.54, 1.807) is 7.05 Å². The Balaban J connectivity index is 2.30. The monoisotopic (exact) mass is 267 g/mol. The molecule has 0 saturated carbocycles. The second kappa shape index (κ2) is 8.81. The number of hydrogen-bond donors (Lipinski definition) is 2. The molecule has 1 rings (SSSR count). The highest BCUT2D eigenvalue weighted by Crippen LogP contribution is 2.14. The summed E-state index contributed by atoms with van der Waals surface area (Å²) in [7, 11) is 1.79. The van der Waals surface area contributed by atoms with Crippen LogP contribution in [0.5, 0.6) is 0 Å². The first-order chi connectivity index (χ1) is 8.77. The van der Waals surface area contributed by atoms with E-state index in [1.165, 1.54) is 6.42 Å². The summed E-state index contributed by atoms with van der Waals surface area (Å²) in [4.78, 5) is 4.17. The lowest BCUT2D eigenvalue weighted by Gasteiger charge is -2.11. The number of unbranched alkanes of at least 4 members (excludes halogenated alkanes) is 1. The molecule has 0 atom stereocenters. The average molecular weight is 268 g/mol. The van der Waals surface area contributed by atoms with Crippen LogP contribution in [0.1, 0.15) is 25.3 Å². The summed E-state index contributed by atoms with van der Waals surface area (Å²) in [5.74, 6) is 0.857. The summed E-state index contributed by atoms with van der Waals surface area (Å²) in [6.45, 7) is 3.97. The number of nitrogens with one attached hydrogen (secondary N) is 2. The van der Waals surface area contributed by atoms with E-state index in [0.717, 1.165) is 42.5 Å². The summed E-state index contributed by atoms with van der Waals surface area (Å²) in [6.07, 6.45) is 3.24. The van der Waals surface area contributed by atoms with Gasteiger partial charge in [-0.05, 0) is 24.5 Å². The van der Waals surface area contributed by atoms with Crippen LogP contribution in [0.15, 0.2) is 29.3 Å². The lowest BCUT2D eigenvalue weighted by molar-refractivity contribution is 0.727. The number of rotatable bonds is 6. The maximum atomic E-state index is 6.10. The van der Waals surface area contributed by atoms with Gasteiger partial charge in [0, 0.05) is 25.2 Å². The van der Waals surface area contributed by atoms with Crippen LogP contribution in [0.3, 0.4) is 0 Å². The Morgan fingerprint density at radius 3 is 2.61 bits per heavy atom. The molecule has 0 aliphatic heterocycles. The van der Waals surface area contributed by atoms with Gasteiger partial charge < -0.3 is 10.6 Å². The zero-order chi connectivity index (χ0) is 13.2. The van der Waals surface area contributed by atoms with Gasteiger partial charge in [0.05, 0.1) is 0 Å². The molecule has 3 nitrogen and oxygen atoms in total. The Kier molecular flexibility index (Phi) is 7.26. The van der Waals surface area contributed by atoms with Crippen LogP contribution in [0.4, 0.5) is 0 Å². The van der Waals surface area contributed by atoms with Crippen molar-refractivity contribution >= 4 is 17.6 Å². The minimum absolute atomic E-state index is 0.827. The first-order valence-corrected chi connectivity index (χ1v) is 6.83. The number of halogens is 1. The van der Waals surface area contributed by atoms with Gasteiger partial charge >= 0.3 is 0 Å². The number of aliphatic imine (C=N–C) groups is 1. The minimum Gasteiger partial charge on any atom is -0.356 e. The van der Waals surface area contributed by atoms with Gasteiger partial charge in [-0.2, -0.15) is 0 Å². The van der Waals surface area contributed by atoms with Crippen LogP contribution in [0.2, 0.25) is 5.02 Å². The molecule has 0 aliphatic carbocycles. The van der Waals surface area contributed by atoms with Crippen LogP contribution >= 0.6 is 11.6 Å². The van der Waals surface area contributed by atoms with Crippen molar-refractivity contribution < 1.29 is 0 Å². The van der Waals surface area contributed by atoms with Gasteiger partial charge in [0.1, 0.15) is 0 Å². The van der Waals surface area contributed by atoms with E-state index in [4.69, 9.17) is 11.6 Å². The van der Waals surface area contributed by atoms with Crippen molar-refractivity contribution in [1.29, 1.82) is 0 Å². The highest BCUT2D eigenvalue weighted by Gasteiger charge is 2.00. The third-order valence-electron chi connectivity index (χ3n) is 2.69. The van der Waals surface area contributed by atoms with Crippen molar-refractivity contribution in [1.82, 2.24) is 10.6 Å². The third kappa shape index (κ3) is 5.41. The van der Waals surface area contributed by atoms with Crippen LogP contribution in [0.25, 0.3) is 0 Å². The molecule has 1 aromatic carbocycles. The van der Waals surface area contributed by atoms with Crippen molar-refractivity contribution in [3.05, 3.63) is 34.9 Å². The Hall–Kier alpha value is -1.22. The summed E-state index contributed by atoms with van der Waals surface area (Å²) in [6, 6.07) is 7.93. The molecule has 0 aromatic heterocycles. The summed E-state index contributed by atoms with van der Waals surface area (Å²) in [5, 5.41) is 7.39. The fourth-order valence-electron chi connectivity index (χ4n) is 1.62.